The normalized spacial score (nSPS) is 24.6. The highest BCUT2D eigenvalue weighted by Crippen LogP contribution is 2.21. The quantitative estimate of drug-likeness (QED) is 0.538. The molecule has 2 saturated heterocycles. The second-order valence-corrected chi connectivity index (χ2v) is 12.1. The van der Waals surface area contributed by atoms with Gasteiger partial charge in [-0.2, -0.15) is 0 Å². The molecule has 2 fully saturated rings. The van der Waals surface area contributed by atoms with Crippen LogP contribution in [0.15, 0.2) is 48.5 Å². The van der Waals surface area contributed by atoms with Gasteiger partial charge in [-0.3, -0.25) is 9.80 Å². The van der Waals surface area contributed by atoms with E-state index in [1.165, 1.54) is 29.8 Å². The van der Waals surface area contributed by atoms with Gasteiger partial charge in [-0.1, -0.05) is 24.3 Å². The summed E-state index contributed by atoms with van der Waals surface area (Å²) in [7, 11) is 0. The molecule has 0 aromatic heterocycles. The Kier molecular flexibility index (Phi) is 10.9. The number of benzene rings is 2. The number of piperazine rings is 2. The molecule has 2 heterocycles. The molecule has 216 valence electrons. The molecule has 0 unspecified atom stereocenters. The standard InChI is InChI=1S/C18H27FN2O2.C13H19FN2/c1-13-11-21(17(22)23-18(3,4)5)14(2)10-20(13)12-15-6-8-16(19)9-7-15;1-10-8-16(11(2)7-15-10)9-12-3-5-13(14)6-4-12/h6-9,13-14H,10-12H2,1-5H3;3-6,10-11,15H,7-9H2,1-2H3/t13-,14+;10-,11+/m01/s1. The Balaban J connectivity index is 0.000000230. The molecule has 1 amide bonds. The van der Waals surface area contributed by atoms with Gasteiger partial charge in [-0.25, -0.2) is 13.6 Å². The molecule has 2 aromatic carbocycles. The lowest BCUT2D eigenvalue weighted by molar-refractivity contribution is -0.0117. The van der Waals surface area contributed by atoms with Gasteiger partial charge in [-0.05, 0) is 83.9 Å². The Hall–Kier alpha value is -2.55. The van der Waals surface area contributed by atoms with Gasteiger partial charge in [0.1, 0.15) is 17.2 Å². The molecule has 2 aromatic rings. The largest absolute Gasteiger partial charge is 0.444 e. The van der Waals surface area contributed by atoms with E-state index >= 15 is 0 Å². The molecule has 6 nitrogen and oxygen atoms in total. The van der Waals surface area contributed by atoms with E-state index in [1.807, 2.05) is 52.0 Å². The van der Waals surface area contributed by atoms with E-state index in [4.69, 9.17) is 4.74 Å². The van der Waals surface area contributed by atoms with Crippen molar-refractivity contribution < 1.29 is 18.3 Å². The number of nitrogens with zero attached hydrogens (tertiary/aromatic N) is 3. The van der Waals surface area contributed by atoms with E-state index in [1.54, 1.807) is 4.90 Å². The fourth-order valence-corrected chi connectivity index (χ4v) is 4.96. The number of hydrogen-bond acceptors (Lipinski definition) is 5. The maximum atomic E-state index is 13.0. The fraction of sp³-hybridized carbons (Fsp3) is 0.581. The molecule has 2 aliphatic rings. The molecule has 1 N–H and O–H groups in total. The Bertz CT molecular complexity index is 1040. The zero-order valence-corrected chi connectivity index (χ0v) is 24.6. The SMILES string of the molecule is C[C@@H]1CN(Cc2ccc(F)cc2)[C@@H](C)CN1.C[C@@H]1CN(Cc2ccc(F)cc2)[C@@H](C)CN1C(=O)OC(C)(C)C. The van der Waals surface area contributed by atoms with E-state index in [0.717, 1.165) is 38.3 Å². The second kappa shape index (κ2) is 13.7. The van der Waals surface area contributed by atoms with Gasteiger partial charge in [0.25, 0.3) is 0 Å². The predicted octanol–water partition coefficient (Wildman–Crippen LogP) is 5.66. The van der Waals surface area contributed by atoms with Gasteiger partial charge in [0.05, 0.1) is 0 Å². The van der Waals surface area contributed by atoms with Crippen LogP contribution in [0.5, 0.6) is 0 Å². The minimum Gasteiger partial charge on any atom is -0.444 e. The molecular weight excluding hydrogens is 498 g/mol. The van der Waals surface area contributed by atoms with Gasteiger partial charge < -0.3 is 15.0 Å². The molecule has 39 heavy (non-hydrogen) atoms. The number of carbonyl (C=O) groups excluding carboxylic acids is 1. The Morgan fingerprint density at radius 1 is 0.795 bits per heavy atom. The van der Waals surface area contributed by atoms with Crippen LogP contribution < -0.4 is 5.32 Å². The zero-order chi connectivity index (χ0) is 28.7. The third-order valence-electron chi connectivity index (χ3n) is 7.23. The van der Waals surface area contributed by atoms with Crippen LogP contribution >= 0.6 is 0 Å². The van der Waals surface area contributed by atoms with E-state index in [2.05, 4.69) is 35.9 Å². The molecular formula is C31H46F2N4O2. The van der Waals surface area contributed by atoms with Crippen molar-refractivity contribution in [2.24, 2.45) is 0 Å². The lowest BCUT2D eigenvalue weighted by Crippen LogP contribution is -2.58. The number of rotatable bonds is 4. The molecule has 8 heteroatoms. The molecule has 0 saturated carbocycles. The Morgan fingerprint density at radius 3 is 1.77 bits per heavy atom. The third kappa shape index (κ3) is 9.85. The maximum Gasteiger partial charge on any atom is 0.410 e. The number of hydrogen-bond donors (Lipinski definition) is 1. The first kappa shape index (κ1) is 31.0. The van der Waals surface area contributed by atoms with Crippen molar-refractivity contribution in [1.29, 1.82) is 0 Å². The molecule has 0 radical (unpaired) electrons. The summed E-state index contributed by atoms with van der Waals surface area (Å²) in [4.78, 5) is 18.9. The van der Waals surface area contributed by atoms with E-state index in [-0.39, 0.29) is 29.8 Å². The van der Waals surface area contributed by atoms with Crippen molar-refractivity contribution >= 4 is 6.09 Å². The topological polar surface area (TPSA) is 48.0 Å². The summed E-state index contributed by atoms with van der Waals surface area (Å²) in [5, 5.41) is 3.45. The minimum absolute atomic E-state index is 0.0847. The molecule has 0 aliphatic carbocycles. The number of amides is 1. The minimum atomic E-state index is -0.481. The van der Waals surface area contributed by atoms with Crippen molar-refractivity contribution in [2.45, 2.75) is 91.3 Å². The summed E-state index contributed by atoms with van der Waals surface area (Å²) in [6.07, 6.45) is -0.252. The summed E-state index contributed by atoms with van der Waals surface area (Å²) in [5.74, 6) is -0.379. The number of ether oxygens (including phenoxy) is 1. The van der Waals surface area contributed by atoms with Crippen LogP contribution in [0.25, 0.3) is 0 Å². The van der Waals surface area contributed by atoms with Crippen LogP contribution in [0.3, 0.4) is 0 Å². The van der Waals surface area contributed by atoms with E-state index in [0.29, 0.717) is 18.6 Å². The summed E-state index contributed by atoms with van der Waals surface area (Å²) in [6, 6.07) is 14.8. The maximum absolute atomic E-state index is 13.0. The van der Waals surface area contributed by atoms with E-state index in [9.17, 15) is 13.6 Å². The summed E-state index contributed by atoms with van der Waals surface area (Å²) in [5.41, 5.74) is 1.78. The summed E-state index contributed by atoms with van der Waals surface area (Å²) < 4.78 is 31.3. The first-order valence-corrected chi connectivity index (χ1v) is 14.0. The number of halogens is 2. The highest BCUT2D eigenvalue weighted by atomic mass is 19.1. The fourth-order valence-electron chi connectivity index (χ4n) is 4.96. The Labute approximate surface area is 233 Å². The lowest BCUT2D eigenvalue weighted by Gasteiger charge is -2.44. The average Bonchev–Trinajstić information content (AvgIpc) is 2.85. The molecule has 4 atom stereocenters. The van der Waals surface area contributed by atoms with Crippen molar-refractivity contribution in [3.8, 4) is 0 Å². The predicted molar refractivity (Wildman–Crippen MR) is 152 cm³/mol. The van der Waals surface area contributed by atoms with Crippen molar-refractivity contribution in [3.05, 3.63) is 71.3 Å². The molecule has 2 aliphatic heterocycles. The van der Waals surface area contributed by atoms with Crippen LogP contribution in [0, 0.1) is 11.6 Å². The molecule has 0 bridgehead atoms. The first-order valence-electron chi connectivity index (χ1n) is 14.0. The average molecular weight is 545 g/mol. The molecule has 4 rings (SSSR count). The monoisotopic (exact) mass is 544 g/mol. The number of carbonyl (C=O) groups is 1. The van der Waals surface area contributed by atoms with Crippen molar-refractivity contribution in [2.75, 3.05) is 26.2 Å². The highest BCUT2D eigenvalue weighted by molar-refractivity contribution is 5.68. The van der Waals surface area contributed by atoms with E-state index < -0.39 is 5.60 Å². The van der Waals surface area contributed by atoms with Crippen molar-refractivity contribution in [3.63, 3.8) is 0 Å². The van der Waals surface area contributed by atoms with Crippen LogP contribution in [0.1, 0.15) is 59.6 Å². The third-order valence-corrected chi connectivity index (χ3v) is 7.23. The molecule has 0 spiro atoms. The van der Waals surface area contributed by atoms with Gasteiger partial charge >= 0.3 is 6.09 Å². The van der Waals surface area contributed by atoms with Gasteiger partial charge in [0, 0.05) is 63.4 Å². The zero-order valence-electron chi connectivity index (χ0n) is 24.6. The second-order valence-electron chi connectivity index (χ2n) is 12.1. The smallest absolute Gasteiger partial charge is 0.410 e. The van der Waals surface area contributed by atoms with Crippen LogP contribution in [-0.4, -0.2) is 76.7 Å². The highest BCUT2D eigenvalue weighted by Gasteiger charge is 2.34. The van der Waals surface area contributed by atoms with Crippen molar-refractivity contribution in [1.82, 2.24) is 20.0 Å². The lowest BCUT2D eigenvalue weighted by atomic mass is 10.1. The van der Waals surface area contributed by atoms with Gasteiger partial charge in [0.2, 0.25) is 0 Å². The van der Waals surface area contributed by atoms with Crippen LogP contribution in [-0.2, 0) is 17.8 Å². The summed E-state index contributed by atoms with van der Waals surface area (Å²) >= 11 is 0. The Morgan fingerprint density at radius 2 is 1.28 bits per heavy atom. The number of nitrogens with one attached hydrogen (secondary N) is 1. The summed E-state index contributed by atoms with van der Waals surface area (Å²) in [6.45, 7) is 19.4. The first-order chi connectivity index (χ1) is 18.3. The van der Waals surface area contributed by atoms with Crippen LogP contribution in [0.2, 0.25) is 0 Å². The van der Waals surface area contributed by atoms with Gasteiger partial charge in [0.15, 0.2) is 0 Å². The van der Waals surface area contributed by atoms with Gasteiger partial charge in [-0.15, -0.1) is 0 Å². The van der Waals surface area contributed by atoms with Crippen LogP contribution in [0.4, 0.5) is 13.6 Å².